The molecule has 1 heterocycles. The fraction of sp³-hybridized carbons (Fsp3) is 0.0909. The maximum atomic E-state index is 14.1. The van der Waals surface area contributed by atoms with Crippen molar-refractivity contribution in [3.8, 4) is 22.5 Å². The highest BCUT2D eigenvalue weighted by atomic mass is 19.1. The van der Waals surface area contributed by atoms with Crippen molar-refractivity contribution in [2.45, 2.75) is 0 Å². The summed E-state index contributed by atoms with van der Waals surface area (Å²) in [5.41, 5.74) is 1.93. The Morgan fingerprint density at radius 1 is 1.04 bits per heavy atom. The van der Waals surface area contributed by atoms with E-state index in [2.05, 4.69) is 0 Å². The molecule has 5 nitrogen and oxygen atoms in total. The Bertz CT molecular complexity index is 1260. The average Bonchev–Trinajstić information content (AvgIpc) is 2.67. The average molecular weight is 377 g/mol. The van der Waals surface area contributed by atoms with Gasteiger partial charge >= 0.3 is 5.97 Å². The third-order valence-electron chi connectivity index (χ3n) is 4.70. The maximum absolute atomic E-state index is 14.1. The smallest absolute Gasteiger partial charge is 0.336 e. The Morgan fingerprint density at radius 3 is 2.50 bits per heavy atom. The first-order chi connectivity index (χ1) is 13.4. The molecule has 0 unspecified atom stereocenters. The van der Waals surface area contributed by atoms with Gasteiger partial charge in [0.25, 0.3) is 0 Å². The molecule has 2 aromatic rings. The molecule has 28 heavy (non-hydrogen) atoms. The van der Waals surface area contributed by atoms with E-state index in [1.165, 1.54) is 6.07 Å². The van der Waals surface area contributed by atoms with E-state index in [9.17, 15) is 19.1 Å². The van der Waals surface area contributed by atoms with E-state index in [4.69, 9.17) is 4.42 Å². The highest BCUT2D eigenvalue weighted by Crippen LogP contribution is 2.42. The summed E-state index contributed by atoms with van der Waals surface area (Å²) in [7, 11) is 3.77. The molecule has 2 aromatic carbocycles. The molecule has 2 aliphatic rings. The molecule has 0 spiro atoms. The number of carboxylic acids is 1. The van der Waals surface area contributed by atoms with E-state index in [0.29, 0.717) is 27.7 Å². The minimum absolute atomic E-state index is 0.0830. The Labute approximate surface area is 159 Å². The summed E-state index contributed by atoms with van der Waals surface area (Å²) >= 11 is 0. The van der Waals surface area contributed by atoms with Crippen LogP contribution in [0.15, 0.2) is 63.8 Å². The van der Waals surface area contributed by atoms with Crippen molar-refractivity contribution in [1.82, 2.24) is 0 Å². The number of hydrogen-bond acceptors (Lipinski definition) is 4. The number of aromatic carboxylic acids is 1. The van der Waals surface area contributed by atoms with Crippen LogP contribution in [0.2, 0.25) is 0 Å². The summed E-state index contributed by atoms with van der Waals surface area (Å²) in [5, 5.41) is 10.3. The van der Waals surface area contributed by atoms with Crippen LogP contribution in [-0.4, -0.2) is 25.2 Å². The Morgan fingerprint density at radius 2 is 1.79 bits per heavy atom. The molecule has 6 heteroatoms. The number of fused-ring (bicyclic) bond motifs is 2. The Kier molecular flexibility index (Phi) is 4.11. The van der Waals surface area contributed by atoms with E-state index in [1.807, 2.05) is 31.1 Å². The fourth-order valence-electron chi connectivity index (χ4n) is 3.34. The number of hydrogen-bond donors (Lipinski definition) is 1. The van der Waals surface area contributed by atoms with Crippen molar-refractivity contribution in [2.24, 2.45) is 0 Å². The summed E-state index contributed by atoms with van der Waals surface area (Å²) in [6, 6.07) is 14.2. The minimum Gasteiger partial charge on any atom is -0.478 e. The second-order valence-corrected chi connectivity index (χ2v) is 6.68. The third-order valence-corrected chi connectivity index (χ3v) is 4.70. The number of anilines is 1. The number of benzene rings is 3. The van der Waals surface area contributed by atoms with Crippen molar-refractivity contribution in [1.29, 1.82) is 0 Å². The molecular weight excluding hydrogens is 361 g/mol. The van der Waals surface area contributed by atoms with Gasteiger partial charge in [0.2, 0.25) is 5.43 Å². The molecule has 4 rings (SSSR count). The molecule has 1 N–H and O–H groups in total. The largest absolute Gasteiger partial charge is 0.478 e. The minimum atomic E-state index is -1.09. The summed E-state index contributed by atoms with van der Waals surface area (Å²) in [4.78, 5) is 25.5. The molecule has 0 radical (unpaired) electrons. The first-order valence-electron chi connectivity index (χ1n) is 8.57. The predicted octanol–water partition coefficient (Wildman–Crippen LogP) is 4.47. The van der Waals surface area contributed by atoms with Crippen LogP contribution in [-0.2, 0) is 0 Å². The van der Waals surface area contributed by atoms with Gasteiger partial charge in [-0.25, -0.2) is 9.18 Å². The van der Waals surface area contributed by atoms with Crippen molar-refractivity contribution in [2.75, 3.05) is 19.0 Å². The lowest BCUT2D eigenvalue weighted by molar-refractivity contribution is 0.0697. The monoisotopic (exact) mass is 377 g/mol. The second kappa shape index (κ2) is 6.49. The normalized spacial score (nSPS) is 11.1. The lowest BCUT2D eigenvalue weighted by Gasteiger charge is -2.18. The van der Waals surface area contributed by atoms with Crippen LogP contribution >= 0.6 is 0 Å². The number of carbonyl (C=O) groups is 1. The second-order valence-electron chi connectivity index (χ2n) is 6.68. The van der Waals surface area contributed by atoms with Crippen LogP contribution in [0.5, 0.6) is 0 Å². The van der Waals surface area contributed by atoms with Gasteiger partial charge < -0.3 is 14.4 Å². The highest BCUT2D eigenvalue weighted by Gasteiger charge is 2.22. The van der Waals surface area contributed by atoms with Crippen LogP contribution < -0.4 is 10.3 Å². The molecule has 0 aromatic heterocycles. The Hall–Kier alpha value is -3.67. The predicted molar refractivity (Wildman–Crippen MR) is 106 cm³/mol. The lowest BCUT2D eigenvalue weighted by atomic mass is 9.90. The van der Waals surface area contributed by atoms with Crippen molar-refractivity contribution in [3.05, 3.63) is 76.2 Å². The summed E-state index contributed by atoms with van der Waals surface area (Å²) in [6.07, 6.45) is 0. The van der Waals surface area contributed by atoms with Crippen molar-refractivity contribution in [3.63, 3.8) is 0 Å². The number of rotatable bonds is 3. The molecule has 0 saturated carbocycles. The van der Waals surface area contributed by atoms with E-state index < -0.39 is 17.2 Å². The molecule has 0 amide bonds. The first kappa shape index (κ1) is 17.7. The number of carboxylic acid groups (broad SMARTS) is 1. The summed E-state index contributed by atoms with van der Waals surface area (Å²) < 4.78 is 20.0. The third kappa shape index (κ3) is 2.79. The fourth-order valence-corrected chi connectivity index (χ4v) is 3.34. The van der Waals surface area contributed by atoms with E-state index >= 15 is 0 Å². The zero-order valence-corrected chi connectivity index (χ0v) is 15.2. The summed E-state index contributed by atoms with van der Waals surface area (Å²) in [6.45, 7) is 0. The van der Waals surface area contributed by atoms with Gasteiger partial charge in [0.15, 0.2) is 5.82 Å². The number of nitrogens with zero attached hydrogens (tertiary/aromatic N) is 1. The van der Waals surface area contributed by atoms with Gasteiger partial charge in [-0.2, -0.15) is 0 Å². The molecule has 0 atom stereocenters. The molecule has 0 fully saturated rings. The lowest BCUT2D eigenvalue weighted by Crippen LogP contribution is -2.09. The molecule has 0 bridgehead atoms. The zero-order chi connectivity index (χ0) is 20.0. The van der Waals surface area contributed by atoms with E-state index in [0.717, 1.165) is 17.8 Å². The topological polar surface area (TPSA) is 70.8 Å². The van der Waals surface area contributed by atoms with Gasteiger partial charge in [0.05, 0.1) is 5.56 Å². The summed E-state index contributed by atoms with van der Waals surface area (Å²) in [5.74, 6) is -1.81. The van der Waals surface area contributed by atoms with Gasteiger partial charge in [-0.3, -0.25) is 4.79 Å². The van der Waals surface area contributed by atoms with Crippen LogP contribution in [0.1, 0.15) is 10.4 Å². The standard InChI is InChI=1S/C22H16FNO4/c1-24(2)12-7-8-15-19(9-12)28-20-11-18(25)17(23)10-16(20)21(15)13-5-3-4-6-14(13)22(26)27/h3-11H,1-2H3,(H,26,27). The Balaban J connectivity index is 2.20. The molecule has 140 valence electrons. The van der Waals surface area contributed by atoms with Crippen LogP contribution in [0.25, 0.3) is 33.4 Å². The SMILES string of the molecule is CN(C)c1ccc2c(-c3ccccc3C(=O)O)c3cc(F)c(=O)cc-3oc2c1. The van der Waals surface area contributed by atoms with Gasteiger partial charge in [0.1, 0.15) is 11.3 Å². The van der Waals surface area contributed by atoms with E-state index in [-0.39, 0.29) is 11.3 Å². The molecule has 0 saturated heterocycles. The van der Waals surface area contributed by atoms with Crippen molar-refractivity contribution < 1.29 is 18.7 Å². The van der Waals surface area contributed by atoms with Gasteiger partial charge in [0, 0.05) is 48.4 Å². The van der Waals surface area contributed by atoms with E-state index in [1.54, 1.807) is 24.3 Å². The maximum Gasteiger partial charge on any atom is 0.336 e. The number of halogens is 1. The van der Waals surface area contributed by atoms with Gasteiger partial charge in [-0.1, -0.05) is 18.2 Å². The van der Waals surface area contributed by atoms with Gasteiger partial charge in [-0.05, 0) is 29.8 Å². The molecular formula is C22H16FNO4. The molecule has 1 aliphatic heterocycles. The quantitative estimate of drug-likeness (QED) is 0.534. The molecule has 1 aliphatic carbocycles. The van der Waals surface area contributed by atoms with Gasteiger partial charge in [-0.15, -0.1) is 0 Å². The first-order valence-corrected chi connectivity index (χ1v) is 8.57. The zero-order valence-electron chi connectivity index (χ0n) is 15.2. The van der Waals surface area contributed by atoms with Crippen LogP contribution in [0, 0.1) is 5.82 Å². The van der Waals surface area contributed by atoms with Crippen LogP contribution in [0.4, 0.5) is 10.1 Å². The highest BCUT2D eigenvalue weighted by molar-refractivity contribution is 6.07. The van der Waals surface area contributed by atoms with Crippen molar-refractivity contribution >= 4 is 22.6 Å². The van der Waals surface area contributed by atoms with Crippen LogP contribution in [0.3, 0.4) is 0 Å².